The van der Waals surface area contributed by atoms with Gasteiger partial charge in [0.15, 0.2) is 0 Å². The van der Waals surface area contributed by atoms with Gasteiger partial charge < -0.3 is 9.15 Å². The van der Waals surface area contributed by atoms with Crippen LogP contribution in [-0.2, 0) is 4.74 Å². The molecule has 30 heavy (non-hydrogen) atoms. The van der Waals surface area contributed by atoms with E-state index >= 15 is 0 Å². The van der Waals surface area contributed by atoms with Crippen LogP contribution >= 0.6 is 34.9 Å². The third-order valence-electron chi connectivity index (χ3n) is 6.21. The molecule has 3 aliphatic heterocycles. The third-order valence-corrected chi connectivity index (χ3v) is 9.62. The Bertz CT molecular complexity index is 1020. The predicted molar refractivity (Wildman–Crippen MR) is 128 cm³/mol. The zero-order chi connectivity index (χ0) is 19.9. The first-order valence-corrected chi connectivity index (χ1v) is 13.8. The van der Waals surface area contributed by atoms with E-state index in [-0.39, 0.29) is 6.10 Å². The first-order valence-electron chi connectivity index (χ1n) is 10.8. The van der Waals surface area contributed by atoms with Gasteiger partial charge in [0, 0.05) is 45.4 Å². The fourth-order valence-corrected chi connectivity index (χ4v) is 8.20. The van der Waals surface area contributed by atoms with Crippen LogP contribution in [0.5, 0.6) is 0 Å². The molecule has 0 radical (unpaired) electrons. The molecule has 0 saturated carbocycles. The summed E-state index contributed by atoms with van der Waals surface area (Å²) in [5.74, 6) is 3.26. The van der Waals surface area contributed by atoms with E-state index in [1.165, 1.54) is 46.0 Å². The van der Waals surface area contributed by atoms with E-state index in [0.717, 1.165) is 31.1 Å². The molecule has 3 aromatic rings. The van der Waals surface area contributed by atoms with Crippen LogP contribution in [-0.4, -0.2) is 22.7 Å². The summed E-state index contributed by atoms with van der Waals surface area (Å²) in [6.45, 7) is 0.846. The molecular weight excluding hydrogens is 430 g/mol. The highest BCUT2D eigenvalue weighted by Gasteiger charge is 2.38. The largest absolute Gasteiger partial charge is 0.448 e. The summed E-state index contributed by atoms with van der Waals surface area (Å²) in [6.07, 6.45) is 11.4. The normalized spacial score (nSPS) is 26.2. The Labute approximate surface area is 189 Å². The second-order valence-electron chi connectivity index (χ2n) is 8.01. The molecule has 6 heteroatoms. The van der Waals surface area contributed by atoms with Crippen LogP contribution in [0.3, 0.4) is 0 Å². The van der Waals surface area contributed by atoms with Crippen molar-refractivity contribution in [3.63, 3.8) is 0 Å². The van der Waals surface area contributed by atoms with Crippen molar-refractivity contribution in [2.75, 3.05) is 18.1 Å². The van der Waals surface area contributed by atoms with Crippen LogP contribution in [0.25, 0.3) is 16.3 Å². The number of aromatic nitrogens is 1. The Hall–Kier alpha value is -1.34. The van der Waals surface area contributed by atoms with Gasteiger partial charge in [0.05, 0.1) is 23.3 Å². The fraction of sp³-hybridized carbons (Fsp3) is 0.417. The van der Waals surface area contributed by atoms with Crippen molar-refractivity contribution in [2.45, 2.75) is 42.3 Å². The van der Waals surface area contributed by atoms with E-state index < -0.39 is 0 Å². The minimum atomic E-state index is 0.126. The highest BCUT2D eigenvalue weighted by molar-refractivity contribution is 8.00. The number of hydrogen-bond acceptors (Lipinski definition) is 5. The topological polar surface area (TPSA) is 27.3 Å². The molecule has 3 atom stereocenters. The first kappa shape index (κ1) is 19.4. The Morgan fingerprint density at radius 3 is 2.70 bits per heavy atom. The molecule has 156 valence electrons. The maximum absolute atomic E-state index is 6.32. The van der Waals surface area contributed by atoms with Crippen molar-refractivity contribution < 1.29 is 9.15 Å². The standard InChI is InChI=1S/C24H25NO2S3/c1-6-16(26-11-1)23-21(17-7-3-13-28-17)22(18-8-4-14-29-18)24(19-9-5-15-30-19)25(23)20-10-2-12-27-20/h2-4,7-8,10,12-13,16,18-19H,1,5-6,9,11,14-15H2. The molecule has 2 saturated heterocycles. The summed E-state index contributed by atoms with van der Waals surface area (Å²) >= 11 is 5.99. The lowest BCUT2D eigenvalue weighted by Gasteiger charge is -2.19. The van der Waals surface area contributed by atoms with E-state index in [2.05, 4.69) is 52.1 Å². The molecule has 2 fully saturated rings. The van der Waals surface area contributed by atoms with Crippen molar-refractivity contribution in [2.24, 2.45) is 0 Å². The molecule has 0 amide bonds. The van der Waals surface area contributed by atoms with Gasteiger partial charge in [0.1, 0.15) is 0 Å². The molecule has 6 heterocycles. The maximum Gasteiger partial charge on any atom is 0.203 e. The Morgan fingerprint density at radius 2 is 2.03 bits per heavy atom. The van der Waals surface area contributed by atoms with E-state index in [1.807, 2.05) is 29.2 Å². The number of rotatable bonds is 5. The molecular formula is C24H25NO2S3. The number of ether oxygens (including phenoxy) is 1. The van der Waals surface area contributed by atoms with Crippen LogP contribution in [0.1, 0.15) is 59.2 Å². The Kier molecular flexibility index (Phi) is 5.36. The molecule has 3 nitrogen and oxygen atoms in total. The Morgan fingerprint density at radius 1 is 1.03 bits per heavy atom. The van der Waals surface area contributed by atoms with Crippen molar-refractivity contribution in [1.82, 2.24) is 4.57 Å². The number of thioether (sulfide) groups is 2. The lowest BCUT2D eigenvalue weighted by atomic mass is 9.98. The van der Waals surface area contributed by atoms with Crippen LogP contribution < -0.4 is 0 Å². The SMILES string of the molecule is C1=CC(c2c(-c3cccs3)c(C3CCCO3)n(-c3ccco3)c2C2CCCS2)SC1. The average molecular weight is 456 g/mol. The van der Waals surface area contributed by atoms with Crippen LogP contribution in [0.4, 0.5) is 0 Å². The number of furan rings is 1. The number of nitrogens with zero attached hydrogens (tertiary/aromatic N) is 1. The van der Waals surface area contributed by atoms with Crippen LogP contribution in [0.15, 0.2) is 52.5 Å². The van der Waals surface area contributed by atoms with Gasteiger partial charge in [-0.3, -0.25) is 4.57 Å². The second kappa shape index (κ2) is 8.30. The fourth-order valence-electron chi connectivity index (χ4n) is 5.01. The van der Waals surface area contributed by atoms with Gasteiger partial charge in [-0.1, -0.05) is 18.2 Å². The molecule has 3 aliphatic rings. The lowest BCUT2D eigenvalue weighted by Crippen LogP contribution is -2.10. The highest BCUT2D eigenvalue weighted by atomic mass is 32.2. The quantitative estimate of drug-likeness (QED) is 0.371. The van der Waals surface area contributed by atoms with Crippen molar-refractivity contribution in [1.29, 1.82) is 0 Å². The summed E-state index contributed by atoms with van der Waals surface area (Å²) in [7, 11) is 0. The summed E-state index contributed by atoms with van der Waals surface area (Å²) in [5, 5.41) is 3.10. The van der Waals surface area contributed by atoms with Gasteiger partial charge in [-0.05, 0) is 48.9 Å². The van der Waals surface area contributed by atoms with Crippen LogP contribution in [0, 0.1) is 0 Å². The molecule has 3 unspecified atom stereocenters. The minimum absolute atomic E-state index is 0.126. The van der Waals surface area contributed by atoms with Gasteiger partial charge in [-0.2, -0.15) is 11.8 Å². The molecule has 0 aromatic carbocycles. The predicted octanol–water partition coefficient (Wildman–Crippen LogP) is 7.56. The molecule has 3 aromatic heterocycles. The monoisotopic (exact) mass is 455 g/mol. The first-order chi connectivity index (χ1) is 14.9. The molecule has 0 spiro atoms. The summed E-state index contributed by atoms with van der Waals surface area (Å²) in [5.41, 5.74) is 5.66. The van der Waals surface area contributed by atoms with Gasteiger partial charge in [-0.25, -0.2) is 0 Å². The van der Waals surface area contributed by atoms with Crippen molar-refractivity contribution in [3.05, 3.63) is 65.0 Å². The summed E-state index contributed by atoms with van der Waals surface area (Å²) < 4.78 is 14.8. The molecule has 0 bridgehead atoms. The van der Waals surface area contributed by atoms with E-state index in [1.54, 1.807) is 6.26 Å². The van der Waals surface area contributed by atoms with Gasteiger partial charge in [0.25, 0.3) is 0 Å². The third kappa shape index (κ3) is 3.24. The Balaban J connectivity index is 1.69. The minimum Gasteiger partial charge on any atom is -0.448 e. The van der Waals surface area contributed by atoms with E-state index in [9.17, 15) is 0 Å². The highest BCUT2D eigenvalue weighted by Crippen LogP contribution is 2.55. The maximum atomic E-state index is 6.32. The van der Waals surface area contributed by atoms with E-state index in [4.69, 9.17) is 9.15 Å². The summed E-state index contributed by atoms with van der Waals surface area (Å²) in [6, 6.07) is 8.58. The number of thiophene rings is 1. The summed E-state index contributed by atoms with van der Waals surface area (Å²) in [4.78, 5) is 1.35. The second-order valence-corrected chi connectivity index (χ2v) is 11.4. The molecule has 0 N–H and O–H groups in total. The average Bonchev–Trinajstić information content (AvgIpc) is 3.61. The van der Waals surface area contributed by atoms with Gasteiger partial charge >= 0.3 is 0 Å². The number of hydrogen-bond donors (Lipinski definition) is 0. The zero-order valence-electron chi connectivity index (χ0n) is 16.8. The lowest BCUT2D eigenvalue weighted by molar-refractivity contribution is 0.107. The van der Waals surface area contributed by atoms with Gasteiger partial charge in [-0.15, -0.1) is 23.1 Å². The zero-order valence-corrected chi connectivity index (χ0v) is 19.2. The van der Waals surface area contributed by atoms with Crippen LogP contribution in [0.2, 0.25) is 0 Å². The molecule has 6 rings (SSSR count). The van der Waals surface area contributed by atoms with Gasteiger partial charge in [0.2, 0.25) is 5.88 Å². The van der Waals surface area contributed by atoms with Crippen molar-refractivity contribution in [3.8, 4) is 16.3 Å². The van der Waals surface area contributed by atoms with Crippen molar-refractivity contribution >= 4 is 34.9 Å². The van der Waals surface area contributed by atoms with E-state index in [0.29, 0.717) is 10.5 Å². The molecule has 0 aliphatic carbocycles. The smallest absolute Gasteiger partial charge is 0.203 e.